The largest absolute Gasteiger partial charge is 0.493 e. The Morgan fingerprint density at radius 1 is 1.38 bits per heavy atom. The third kappa shape index (κ3) is 5.76. The first-order valence-electron chi connectivity index (χ1n) is 7.91. The third-order valence-electron chi connectivity index (χ3n) is 3.49. The van der Waals surface area contributed by atoms with E-state index in [0.29, 0.717) is 19.1 Å². The van der Waals surface area contributed by atoms with Crippen molar-refractivity contribution >= 4 is 5.91 Å². The van der Waals surface area contributed by atoms with Crippen LogP contribution in [-0.4, -0.2) is 25.1 Å². The van der Waals surface area contributed by atoms with Gasteiger partial charge in [0.25, 0.3) is 0 Å². The lowest BCUT2D eigenvalue weighted by Crippen LogP contribution is -2.26. The Kier molecular flexibility index (Phi) is 6.05. The lowest BCUT2D eigenvalue weighted by Gasteiger charge is -2.13. The molecule has 21 heavy (non-hydrogen) atoms. The Labute approximate surface area is 127 Å². The molecule has 0 atom stereocenters. The maximum atomic E-state index is 11.6. The van der Waals surface area contributed by atoms with Gasteiger partial charge in [-0.15, -0.1) is 0 Å². The summed E-state index contributed by atoms with van der Waals surface area (Å²) >= 11 is 0. The first-order chi connectivity index (χ1) is 10.2. The Balaban J connectivity index is 1.81. The summed E-state index contributed by atoms with van der Waals surface area (Å²) in [5.74, 6) is 0.971. The summed E-state index contributed by atoms with van der Waals surface area (Å²) in [6.45, 7) is 6.47. The van der Waals surface area contributed by atoms with Crippen LogP contribution < -0.4 is 15.4 Å². The predicted octanol–water partition coefficient (Wildman–Crippen LogP) is 2.54. The summed E-state index contributed by atoms with van der Waals surface area (Å²) in [7, 11) is 0. The Hall–Kier alpha value is -1.55. The van der Waals surface area contributed by atoms with E-state index in [1.807, 2.05) is 12.1 Å². The maximum Gasteiger partial charge on any atom is 0.223 e. The molecule has 116 valence electrons. The molecule has 0 unspecified atom stereocenters. The topological polar surface area (TPSA) is 50.4 Å². The van der Waals surface area contributed by atoms with Crippen LogP contribution in [0.5, 0.6) is 5.75 Å². The highest BCUT2D eigenvalue weighted by molar-refractivity contribution is 5.76. The van der Waals surface area contributed by atoms with Gasteiger partial charge in [-0.05, 0) is 38.8 Å². The molecule has 1 amide bonds. The van der Waals surface area contributed by atoms with E-state index < -0.39 is 0 Å². The van der Waals surface area contributed by atoms with Crippen molar-refractivity contribution in [2.24, 2.45) is 0 Å². The van der Waals surface area contributed by atoms with E-state index in [4.69, 9.17) is 4.74 Å². The van der Waals surface area contributed by atoms with E-state index >= 15 is 0 Å². The second-order valence-corrected chi connectivity index (χ2v) is 5.73. The van der Waals surface area contributed by atoms with Crippen LogP contribution in [0, 0.1) is 6.92 Å². The first kappa shape index (κ1) is 15.8. The van der Waals surface area contributed by atoms with E-state index in [1.54, 1.807) is 0 Å². The summed E-state index contributed by atoms with van der Waals surface area (Å²) in [4.78, 5) is 11.6. The number of benzene rings is 1. The number of hydrogen-bond donors (Lipinski definition) is 2. The molecule has 0 bridgehead atoms. The van der Waals surface area contributed by atoms with E-state index in [0.717, 1.165) is 43.7 Å². The average Bonchev–Trinajstić information content (AvgIpc) is 3.25. The van der Waals surface area contributed by atoms with Crippen molar-refractivity contribution in [1.82, 2.24) is 10.6 Å². The van der Waals surface area contributed by atoms with Crippen LogP contribution >= 0.6 is 0 Å². The van der Waals surface area contributed by atoms with Gasteiger partial charge in [0.05, 0.1) is 13.0 Å². The van der Waals surface area contributed by atoms with Crippen LogP contribution in [0.3, 0.4) is 0 Å². The second-order valence-electron chi connectivity index (χ2n) is 5.73. The van der Waals surface area contributed by atoms with Crippen LogP contribution in [0.25, 0.3) is 0 Å². The fourth-order valence-corrected chi connectivity index (χ4v) is 2.17. The molecule has 0 spiro atoms. The summed E-state index contributed by atoms with van der Waals surface area (Å²) in [5, 5.41) is 6.37. The van der Waals surface area contributed by atoms with Crippen LogP contribution in [0.4, 0.5) is 0 Å². The Morgan fingerprint density at radius 3 is 2.90 bits per heavy atom. The molecule has 0 radical (unpaired) electrons. The van der Waals surface area contributed by atoms with Gasteiger partial charge in [-0.2, -0.15) is 0 Å². The standard InChI is InChI=1S/C17H26N2O2/c1-3-9-18-12-14-11-13(2)4-7-16(14)21-10-8-17(20)19-15-5-6-15/h4,7,11,15,18H,3,5-6,8-10,12H2,1-2H3,(H,19,20). The molecule has 1 aromatic rings. The third-order valence-corrected chi connectivity index (χ3v) is 3.49. The minimum absolute atomic E-state index is 0.0928. The molecule has 1 aromatic carbocycles. The molecule has 0 saturated heterocycles. The van der Waals surface area contributed by atoms with Gasteiger partial charge < -0.3 is 15.4 Å². The molecule has 0 aromatic heterocycles. The lowest BCUT2D eigenvalue weighted by atomic mass is 10.1. The summed E-state index contributed by atoms with van der Waals surface area (Å²) < 4.78 is 5.79. The van der Waals surface area contributed by atoms with Gasteiger partial charge >= 0.3 is 0 Å². The quantitative estimate of drug-likeness (QED) is 0.687. The second kappa shape index (κ2) is 8.03. The number of nitrogens with one attached hydrogen (secondary N) is 2. The molecule has 1 aliphatic carbocycles. The normalized spacial score (nSPS) is 14.0. The molecule has 1 saturated carbocycles. The first-order valence-corrected chi connectivity index (χ1v) is 7.91. The number of carbonyl (C=O) groups excluding carboxylic acids is 1. The molecule has 4 nitrogen and oxygen atoms in total. The van der Waals surface area contributed by atoms with Crippen molar-refractivity contribution in [2.75, 3.05) is 13.2 Å². The molecular formula is C17H26N2O2. The van der Waals surface area contributed by atoms with Gasteiger partial charge in [0.1, 0.15) is 5.75 Å². The number of rotatable bonds is 9. The molecule has 1 fully saturated rings. The lowest BCUT2D eigenvalue weighted by molar-refractivity contribution is -0.121. The zero-order valence-electron chi connectivity index (χ0n) is 13.1. The SMILES string of the molecule is CCCNCc1cc(C)ccc1OCCC(=O)NC1CC1. The number of carbonyl (C=O) groups is 1. The molecule has 2 N–H and O–H groups in total. The highest BCUT2D eigenvalue weighted by Crippen LogP contribution is 2.21. The van der Waals surface area contributed by atoms with Crippen molar-refractivity contribution < 1.29 is 9.53 Å². The Bertz CT molecular complexity index is 470. The van der Waals surface area contributed by atoms with Crippen molar-refractivity contribution in [1.29, 1.82) is 0 Å². The average molecular weight is 290 g/mol. The number of ether oxygens (including phenoxy) is 1. The van der Waals surface area contributed by atoms with Crippen molar-refractivity contribution in [3.8, 4) is 5.75 Å². The molecule has 0 aliphatic heterocycles. The number of amides is 1. The monoisotopic (exact) mass is 290 g/mol. The van der Waals surface area contributed by atoms with Crippen molar-refractivity contribution in [3.63, 3.8) is 0 Å². The van der Waals surface area contributed by atoms with Gasteiger partial charge in [0.2, 0.25) is 5.91 Å². The van der Waals surface area contributed by atoms with Crippen LogP contribution in [-0.2, 0) is 11.3 Å². The minimum Gasteiger partial charge on any atom is -0.493 e. The highest BCUT2D eigenvalue weighted by Gasteiger charge is 2.22. The molecule has 0 heterocycles. The Morgan fingerprint density at radius 2 is 2.19 bits per heavy atom. The van der Waals surface area contributed by atoms with Crippen molar-refractivity contribution in [3.05, 3.63) is 29.3 Å². The van der Waals surface area contributed by atoms with E-state index in [9.17, 15) is 4.79 Å². The van der Waals surface area contributed by atoms with Gasteiger partial charge in [0.15, 0.2) is 0 Å². The fraction of sp³-hybridized carbons (Fsp3) is 0.588. The zero-order chi connectivity index (χ0) is 15.1. The number of hydrogen-bond acceptors (Lipinski definition) is 3. The summed E-state index contributed by atoms with van der Waals surface area (Å²) in [5.41, 5.74) is 2.38. The van der Waals surface area contributed by atoms with E-state index in [2.05, 4.69) is 30.5 Å². The zero-order valence-corrected chi connectivity index (χ0v) is 13.1. The molecule has 1 aliphatic rings. The highest BCUT2D eigenvalue weighted by atomic mass is 16.5. The van der Waals surface area contributed by atoms with Crippen LogP contribution in [0.1, 0.15) is 43.7 Å². The van der Waals surface area contributed by atoms with Crippen LogP contribution in [0.15, 0.2) is 18.2 Å². The fourth-order valence-electron chi connectivity index (χ4n) is 2.17. The van der Waals surface area contributed by atoms with Crippen LogP contribution in [0.2, 0.25) is 0 Å². The molecule has 4 heteroatoms. The van der Waals surface area contributed by atoms with Gasteiger partial charge in [-0.25, -0.2) is 0 Å². The number of aryl methyl sites for hydroxylation is 1. The predicted molar refractivity (Wildman–Crippen MR) is 84.5 cm³/mol. The maximum absolute atomic E-state index is 11.6. The molecular weight excluding hydrogens is 264 g/mol. The van der Waals surface area contributed by atoms with Gasteiger partial charge in [-0.1, -0.05) is 24.6 Å². The van der Waals surface area contributed by atoms with E-state index in [-0.39, 0.29) is 5.91 Å². The van der Waals surface area contributed by atoms with E-state index in [1.165, 1.54) is 5.56 Å². The summed E-state index contributed by atoms with van der Waals surface area (Å²) in [6.07, 6.45) is 3.78. The molecule has 2 rings (SSSR count). The minimum atomic E-state index is 0.0928. The van der Waals surface area contributed by atoms with Gasteiger partial charge in [0, 0.05) is 18.2 Å². The van der Waals surface area contributed by atoms with Gasteiger partial charge in [-0.3, -0.25) is 4.79 Å². The van der Waals surface area contributed by atoms with Crippen molar-refractivity contribution in [2.45, 2.75) is 52.1 Å². The smallest absolute Gasteiger partial charge is 0.223 e. The summed E-state index contributed by atoms with van der Waals surface area (Å²) in [6, 6.07) is 6.60.